The fourth-order valence-electron chi connectivity index (χ4n) is 7.37. The van der Waals surface area contributed by atoms with Crippen molar-refractivity contribution in [3.63, 3.8) is 0 Å². The quantitative estimate of drug-likeness (QED) is 0.184. The van der Waals surface area contributed by atoms with Crippen LogP contribution in [-0.4, -0.2) is 19.5 Å². The van der Waals surface area contributed by atoms with E-state index in [1.165, 1.54) is 10.8 Å². The van der Waals surface area contributed by atoms with Crippen molar-refractivity contribution in [3.8, 4) is 39.9 Å². The average Bonchev–Trinajstić information content (AvgIpc) is 3.91. The van der Waals surface area contributed by atoms with Gasteiger partial charge in [0.25, 0.3) is 0 Å². The van der Waals surface area contributed by atoms with Crippen LogP contribution in [-0.2, 0) is 0 Å². The molecule has 4 heterocycles. The number of nitrogens with zero attached hydrogens (tertiary/aromatic N) is 4. The van der Waals surface area contributed by atoms with Crippen molar-refractivity contribution in [2.45, 2.75) is 0 Å². The predicted octanol–water partition coefficient (Wildman–Crippen LogP) is 12.7. The van der Waals surface area contributed by atoms with Gasteiger partial charge in [-0.25, -0.2) is 15.0 Å². The highest BCUT2D eigenvalue weighted by Gasteiger charge is 2.19. The molecule has 51 heavy (non-hydrogen) atoms. The first kappa shape index (κ1) is 24.0. The molecule has 4 aromatic heterocycles. The molecular weight excluding hydrogens is 661 g/mol. The number of hydrogen-bond acceptors (Lipinski definition) is 5. The second kappa shape index (κ2) is 11.2. The summed E-state index contributed by atoms with van der Waals surface area (Å²) in [6.45, 7) is 0. The van der Waals surface area contributed by atoms with Crippen LogP contribution in [0, 0.1) is 0 Å². The average molecular weight is 692 g/mol. The Balaban J connectivity index is 1.16. The Kier molecular flexibility index (Phi) is 5.25. The molecular formula is C45H26N4S2. The molecule has 0 unspecified atom stereocenters. The maximum absolute atomic E-state index is 8.82. The molecule has 0 saturated heterocycles. The molecule has 0 radical (unpaired) electrons. The fraction of sp³-hybridized carbons (Fsp3) is 0. The first-order valence-electron chi connectivity index (χ1n) is 19.0. The summed E-state index contributed by atoms with van der Waals surface area (Å²) in [6, 6.07) is 41.8. The van der Waals surface area contributed by atoms with Gasteiger partial charge in [-0.3, -0.25) is 0 Å². The van der Waals surface area contributed by atoms with Crippen LogP contribution in [0.15, 0.2) is 158 Å². The van der Waals surface area contributed by atoms with Gasteiger partial charge in [-0.05, 0) is 42.5 Å². The number of fused-ring (bicyclic) bond motifs is 9. The Morgan fingerprint density at radius 2 is 1.04 bits per heavy atom. The highest BCUT2D eigenvalue weighted by Crippen LogP contribution is 2.43. The van der Waals surface area contributed by atoms with Crippen molar-refractivity contribution < 1.29 is 6.85 Å². The standard InChI is InChI=1S/C45H26N4S2/c1-2-12-27(13-3-1)43-46-44(48-45(47-43)33-17-10-22-38-41(33)31-16-6-9-21-37(31)50-38)28-24-25-32-40(26-28)51-39-23-11-20-36(42(32)39)49-34-18-7-4-14-29(34)30-15-5-8-19-35(30)49/h1-26H/i1D,2D,3D,12D,13D. The topological polar surface area (TPSA) is 43.6 Å². The lowest BCUT2D eigenvalue weighted by atomic mass is 10.1. The molecule has 11 aromatic rings. The van der Waals surface area contributed by atoms with Gasteiger partial charge >= 0.3 is 0 Å². The molecule has 0 aliphatic carbocycles. The zero-order chi connectivity index (χ0) is 37.8. The van der Waals surface area contributed by atoms with Gasteiger partial charge in [0.15, 0.2) is 17.5 Å². The monoisotopic (exact) mass is 691 g/mol. The van der Waals surface area contributed by atoms with Gasteiger partial charge in [0.1, 0.15) is 0 Å². The molecule has 7 aromatic carbocycles. The highest BCUT2D eigenvalue weighted by molar-refractivity contribution is 7.26. The molecule has 11 rings (SSSR count). The molecule has 4 nitrogen and oxygen atoms in total. The SMILES string of the molecule is [2H]c1c([2H])c([2H])c(-c2nc(-c3ccc4c(c3)sc3cccc(-n5c6ccccc6c6ccccc65)c34)nc(-c3cccc4sc5ccccc5c34)n2)c([2H])c1[2H]. The van der Waals surface area contributed by atoms with E-state index in [4.69, 9.17) is 21.8 Å². The Hall–Kier alpha value is -6.21. The third-order valence-electron chi connectivity index (χ3n) is 9.56. The van der Waals surface area contributed by atoms with Gasteiger partial charge in [-0.2, -0.15) is 0 Å². The van der Waals surface area contributed by atoms with Crippen LogP contribution in [0.4, 0.5) is 0 Å². The number of thiophene rings is 2. The van der Waals surface area contributed by atoms with Gasteiger partial charge in [0.2, 0.25) is 0 Å². The summed E-state index contributed by atoms with van der Waals surface area (Å²) in [4.78, 5) is 14.8. The summed E-state index contributed by atoms with van der Waals surface area (Å²) in [5.41, 5.74) is 4.81. The summed E-state index contributed by atoms with van der Waals surface area (Å²) in [5.74, 6) is 0.718. The van der Waals surface area contributed by atoms with Gasteiger partial charge < -0.3 is 4.57 Å². The smallest absolute Gasteiger partial charge is 0.164 e. The summed E-state index contributed by atoms with van der Waals surface area (Å²) in [5, 5.41) is 6.72. The fourth-order valence-corrected chi connectivity index (χ4v) is 9.67. The van der Waals surface area contributed by atoms with E-state index < -0.39 is 18.1 Å². The van der Waals surface area contributed by atoms with E-state index in [1.807, 2.05) is 30.3 Å². The van der Waals surface area contributed by atoms with E-state index in [0.717, 1.165) is 68.2 Å². The first-order valence-corrected chi connectivity index (χ1v) is 18.2. The number of rotatable bonds is 4. The van der Waals surface area contributed by atoms with Crippen LogP contribution in [0.5, 0.6) is 0 Å². The molecule has 0 spiro atoms. The van der Waals surface area contributed by atoms with Crippen LogP contribution in [0.2, 0.25) is 0 Å². The van der Waals surface area contributed by atoms with Crippen LogP contribution in [0.3, 0.4) is 0 Å². The Labute approximate surface area is 307 Å². The van der Waals surface area contributed by atoms with E-state index in [0.29, 0.717) is 11.6 Å². The lowest BCUT2D eigenvalue weighted by Crippen LogP contribution is -2.00. The van der Waals surface area contributed by atoms with Crippen LogP contribution in [0.1, 0.15) is 6.85 Å². The molecule has 0 saturated carbocycles. The third-order valence-corrected chi connectivity index (χ3v) is 11.8. The number of hydrogen-bond donors (Lipinski definition) is 0. The number of para-hydroxylation sites is 2. The zero-order valence-corrected chi connectivity index (χ0v) is 28.4. The van der Waals surface area contributed by atoms with Crippen LogP contribution in [0.25, 0.3) is 102 Å². The van der Waals surface area contributed by atoms with Crippen molar-refractivity contribution in [1.82, 2.24) is 19.5 Å². The zero-order valence-electron chi connectivity index (χ0n) is 31.7. The summed E-state index contributed by atoms with van der Waals surface area (Å²) in [7, 11) is 0. The van der Waals surface area contributed by atoms with Crippen LogP contribution < -0.4 is 0 Å². The normalized spacial score (nSPS) is 13.3. The van der Waals surface area contributed by atoms with Crippen molar-refractivity contribution in [2.75, 3.05) is 0 Å². The number of benzene rings is 7. The van der Waals surface area contributed by atoms with Crippen molar-refractivity contribution in [2.24, 2.45) is 0 Å². The minimum atomic E-state index is -0.469. The molecule has 0 atom stereocenters. The second-order valence-corrected chi connectivity index (χ2v) is 14.6. The molecule has 238 valence electrons. The van der Waals surface area contributed by atoms with Crippen molar-refractivity contribution in [3.05, 3.63) is 158 Å². The largest absolute Gasteiger partial charge is 0.309 e. The van der Waals surface area contributed by atoms with E-state index in [-0.39, 0.29) is 23.5 Å². The van der Waals surface area contributed by atoms with Gasteiger partial charge in [-0.15, -0.1) is 22.7 Å². The van der Waals surface area contributed by atoms with Crippen molar-refractivity contribution in [1.29, 1.82) is 0 Å². The predicted molar refractivity (Wildman–Crippen MR) is 216 cm³/mol. The molecule has 6 heteroatoms. The highest BCUT2D eigenvalue weighted by atomic mass is 32.1. The van der Waals surface area contributed by atoms with Gasteiger partial charge in [0, 0.05) is 67.8 Å². The van der Waals surface area contributed by atoms with E-state index in [9.17, 15) is 0 Å². The molecule has 0 aliphatic rings. The third kappa shape index (κ3) is 4.40. The lowest BCUT2D eigenvalue weighted by Gasteiger charge is -2.11. The maximum Gasteiger partial charge on any atom is 0.164 e. The van der Waals surface area contributed by atoms with E-state index >= 15 is 0 Å². The maximum atomic E-state index is 8.82. The Morgan fingerprint density at radius 3 is 1.82 bits per heavy atom. The van der Waals surface area contributed by atoms with Crippen LogP contribution >= 0.6 is 22.7 Å². The minimum absolute atomic E-state index is 0.0172. The first-order chi connectivity index (χ1) is 27.4. The van der Waals surface area contributed by atoms with Gasteiger partial charge in [0.05, 0.1) is 23.6 Å². The minimum Gasteiger partial charge on any atom is -0.309 e. The molecule has 0 fully saturated rings. The van der Waals surface area contributed by atoms with Crippen molar-refractivity contribution >= 4 is 84.8 Å². The molecule has 0 bridgehead atoms. The number of aromatic nitrogens is 4. The molecule has 0 N–H and O–H groups in total. The Bertz CT molecular complexity index is 3380. The lowest BCUT2D eigenvalue weighted by molar-refractivity contribution is 1.08. The summed E-state index contributed by atoms with van der Waals surface area (Å²) >= 11 is 3.38. The Morgan fingerprint density at radius 1 is 0.451 bits per heavy atom. The van der Waals surface area contributed by atoms with E-state index in [2.05, 4.69) is 102 Å². The molecule has 0 aliphatic heterocycles. The summed E-state index contributed by atoms with van der Waals surface area (Å²) < 4.78 is 49.4. The second-order valence-electron chi connectivity index (χ2n) is 12.4. The summed E-state index contributed by atoms with van der Waals surface area (Å²) in [6.07, 6.45) is 0. The molecule has 0 amide bonds. The van der Waals surface area contributed by atoms with Gasteiger partial charge in [-0.1, -0.05) is 115 Å². The van der Waals surface area contributed by atoms with E-state index in [1.54, 1.807) is 22.7 Å².